The van der Waals surface area contributed by atoms with E-state index in [0.29, 0.717) is 12.3 Å². The predicted octanol–water partition coefficient (Wildman–Crippen LogP) is 3.49. The third-order valence-electron chi connectivity index (χ3n) is 2.29. The maximum atomic E-state index is 6.09. The van der Waals surface area contributed by atoms with Gasteiger partial charge in [-0.2, -0.15) is 5.10 Å². The SMILES string of the molecule is COc1nnc(Cc2ccccc2Cl)cc1Br. The van der Waals surface area contributed by atoms with Crippen molar-refractivity contribution < 1.29 is 4.74 Å². The minimum Gasteiger partial charge on any atom is -0.479 e. The summed E-state index contributed by atoms with van der Waals surface area (Å²) in [5.74, 6) is 0.480. The Balaban J connectivity index is 2.25. The second-order valence-electron chi connectivity index (χ2n) is 3.46. The fraction of sp³-hybridized carbons (Fsp3) is 0.167. The molecule has 1 aromatic heterocycles. The molecule has 5 heteroatoms. The van der Waals surface area contributed by atoms with Crippen molar-refractivity contribution in [3.8, 4) is 5.88 Å². The van der Waals surface area contributed by atoms with E-state index in [2.05, 4.69) is 26.1 Å². The van der Waals surface area contributed by atoms with Crippen molar-refractivity contribution in [2.24, 2.45) is 0 Å². The molecule has 0 N–H and O–H groups in total. The van der Waals surface area contributed by atoms with Gasteiger partial charge in [0, 0.05) is 11.4 Å². The van der Waals surface area contributed by atoms with Crippen LogP contribution in [0, 0.1) is 0 Å². The first-order valence-corrected chi connectivity index (χ1v) is 6.17. The topological polar surface area (TPSA) is 35.0 Å². The summed E-state index contributed by atoms with van der Waals surface area (Å²) in [7, 11) is 1.56. The largest absolute Gasteiger partial charge is 0.479 e. The van der Waals surface area contributed by atoms with Crippen LogP contribution in [0.3, 0.4) is 0 Å². The highest BCUT2D eigenvalue weighted by Gasteiger charge is 2.07. The third kappa shape index (κ3) is 2.96. The third-order valence-corrected chi connectivity index (χ3v) is 3.23. The van der Waals surface area contributed by atoms with E-state index in [1.165, 1.54) is 0 Å². The maximum absolute atomic E-state index is 6.09. The Labute approximate surface area is 113 Å². The lowest BCUT2D eigenvalue weighted by Gasteiger charge is -2.05. The Hall–Kier alpha value is -1.13. The summed E-state index contributed by atoms with van der Waals surface area (Å²) in [5.41, 5.74) is 1.87. The smallest absolute Gasteiger partial charge is 0.247 e. The van der Waals surface area contributed by atoms with Crippen molar-refractivity contribution in [2.45, 2.75) is 6.42 Å². The summed E-state index contributed by atoms with van der Waals surface area (Å²) >= 11 is 9.47. The van der Waals surface area contributed by atoms with Crippen molar-refractivity contribution in [1.29, 1.82) is 0 Å². The quantitative estimate of drug-likeness (QED) is 0.870. The molecule has 1 aromatic carbocycles. The summed E-state index contributed by atoms with van der Waals surface area (Å²) in [6, 6.07) is 9.58. The summed E-state index contributed by atoms with van der Waals surface area (Å²) in [6.45, 7) is 0. The number of halogens is 2. The van der Waals surface area contributed by atoms with Gasteiger partial charge in [0.2, 0.25) is 5.88 Å². The average Bonchev–Trinajstić information content (AvgIpc) is 2.32. The Morgan fingerprint density at radius 3 is 2.71 bits per heavy atom. The monoisotopic (exact) mass is 312 g/mol. The highest BCUT2D eigenvalue weighted by atomic mass is 79.9. The summed E-state index contributed by atoms with van der Waals surface area (Å²) in [5, 5.41) is 8.78. The van der Waals surface area contributed by atoms with E-state index in [1.807, 2.05) is 30.3 Å². The molecule has 88 valence electrons. The van der Waals surface area contributed by atoms with E-state index in [1.54, 1.807) is 7.11 Å². The molecule has 0 saturated heterocycles. The van der Waals surface area contributed by atoms with Gasteiger partial charge in [0.25, 0.3) is 0 Å². The van der Waals surface area contributed by atoms with Gasteiger partial charge in [-0.05, 0) is 33.6 Å². The number of aromatic nitrogens is 2. The van der Waals surface area contributed by atoms with Crippen LogP contribution in [0.25, 0.3) is 0 Å². The Bertz CT molecular complexity index is 534. The zero-order chi connectivity index (χ0) is 12.3. The number of methoxy groups -OCH3 is 1. The van der Waals surface area contributed by atoms with Gasteiger partial charge in [0.05, 0.1) is 17.3 Å². The fourth-order valence-corrected chi connectivity index (χ4v) is 2.16. The molecule has 0 unspecified atom stereocenters. The van der Waals surface area contributed by atoms with Crippen LogP contribution in [0.15, 0.2) is 34.8 Å². The standard InChI is InChI=1S/C12H10BrClN2O/c1-17-12-10(13)7-9(15-16-12)6-8-4-2-3-5-11(8)14/h2-5,7H,6H2,1H3. The van der Waals surface area contributed by atoms with Crippen LogP contribution in [-0.4, -0.2) is 17.3 Å². The van der Waals surface area contributed by atoms with Crippen LogP contribution < -0.4 is 4.74 Å². The van der Waals surface area contributed by atoms with Crippen molar-refractivity contribution >= 4 is 27.5 Å². The van der Waals surface area contributed by atoms with E-state index in [9.17, 15) is 0 Å². The molecule has 3 nitrogen and oxygen atoms in total. The molecule has 0 radical (unpaired) electrons. The van der Waals surface area contributed by atoms with Crippen molar-refractivity contribution in [1.82, 2.24) is 10.2 Å². The highest BCUT2D eigenvalue weighted by molar-refractivity contribution is 9.10. The van der Waals surface area contributed by atoms with Crippen molar-refractivity contribution in [3.05, 3.63) is 51.1 Å². The van der Waals surface area contributed by atoms with Gasteiger partial charge in [-0.15, -0.1) is 5.10 Å². The molecule has 0 amide bonds. The van der Waals surface area contributed by atoms with Crippen molar-refractivity contribution in [2.75, 3.05) is 7.11 Å². The van der Waals surface area contributed by atoms with Gasteiger partial charge in [-0.1, -0.05) is 29.8 Å². The summed E-state index contributed by atoms with van der Waals surface area (Å²) in [6.07, 6.45) is 0.648. The lowest BCUT2D eigenvalue weighted by Crippen LogP contribution is -1.98. The molecule has 2 rings (SSSR count). The second kappa shape index (κ2) is 5.47. The number of nitrogens with zero attached hydrogens (tertiary/aromatic N) is 2. The van der Waals surface area contributed by atoms with Crippen LogP contribution in [0.5, 0.6) is 5.88 Å². The highest BCUT2D eigenvalue weighted by Crippen LogP contribution is 2.23. The van der Waals surface area contributed by atoms with Crippen LogP contribution >= 0.6 is 27.5 Å². The average molecular weight is 314 g/mol. The molecule has 0 fully saturated rings. The molecule has 0 atom stereocenters. The van der Waals surface area contributed by atoms with Gasteiger partial charge in [-0.3, -0.25) is 0 Å². The number of hydrogen-bond donors (Lipinski definition) is 0. The molecule has 1 heterocycles. The molecule has 17 heavy (non-hydrogen) atoms. The van der Waals surface area contributed by atoms with Gasteiger partial charge in [0.1, 0.15) is 0 Å². The molecule has 2 aromatic rings. The van der Waals surface area contributed by atoms with Gasteiger partial charge >= 0.3 is 0 Å². The lowest BCUT2D eigenvalue weighted by atomic mass is 10.1. The molecule has 0 bridgehead atoms. The van der Waals surface area contributed by atoms with Crippen LogP contribution in [0.4, 0.5) is 0 Å². The first kappa shape index (κ1) is 12.3. The van der Waals surface area contributed by atoms with Gasteiger partial charge in [0.15, 0.2) is 0 Å². The number of rotatable bonds is 3. The molecule has 0 saturated carbocycles. The number of ether oxygens (including phenoxy) is 1. The number of benzene rings is 1. The van der Waals surface area contributed by atoms with E-state index in [-0.39, 0.29) is 0 Å². The van der Waals surface area contributed by atoms with Crippen LogP contribution in [-0.2, 0) is 6.42 Å². The van der Waals surface area contributed by atoms with E-state index in [4.69, 9.17) is 16.3 Å². The van der Waals surface area contributed by atoms with E-state index >= 15 is 0 Å². The first-order chi connectivity index (χ1) is 8.20. The minimum absolute atomic E-state index is 0.480. The lowest BCUT2D eigenvalue weighted by molar-refractivity contribution is 0.388. The molecular formula is C12H10BrClN2O. The van der Waals surface area contributed by atoms with Gasteiger partial charge < -0.3 is 4.74 Å². The Morgan fingerprint density at radius 1 is 1.29 bits per heavy atom. The summed E-state index contributed by atoms with van der Waals surface area (Å²) in [4.78, 5) is 0. The van der Waals surface area contributed by atoms with Gasteiger partial charge in [-0.25, -0.2) is 0 Å². The molecule has 0 aliphatic carbocycles. The Morgan fingerprint density at radius 2 is 2.06 bits per heavy atom. The minimum atomic E-state index is 0.480. The van der Waals surface area contributed by atoms with Crippen LogP contribution in [0.2, 0.25) is 5.02 Å². The molecule has 0 aliphatic rings. The first-order valence-electron chi connectivity index (χ1n) is 5.00. The van der Waals surface area contributed by atoms with E-state index in [0.717, 1.165) is 20.8 Å². The zero-order valence-corrected chi connectivity index (χ0v) is 11.5. The maximum Gasteiger partial charge on any atom is 0.247 e. The van der Waals surface area contributed by atoms with E-state index < -0.39 is 0 Å². The molecule has 0 spiro atoms. The predicted molar refractivity (Wildman–Crippen MR) is 70.5 cm³/mol. The normalized spacial score (nSPS) is 10.3. The Kier molecular flexibility index (Phi) is 3.97. The molecular weight excluding hydrogens is 304 g/mol. The summed E-state index contributed by atoms with van der Waals surface area (Å²) < 4.78 is 5.82. The molecule has 0 aliphatic heterocycles. The van der Waals surface area contributed by atoms with Crippen LogP contribution in [0.1, 0.15) is 11.3 Å². The fourth-order valence-electron chi connectivity index (χ4n) is 1.46. The zero-order valence-electron chi connectivity index (χ0n) is 9.15. The van der Waals surface area contributed by atoms with Crippen molar-refractivity contribution in [3.63, 3.8) is 0 Å². The number of hydrogen-bond acceptors (Lipinski definition) is 3. The second-order valence-corrected chi connectivity index (χ2v) is 4.72.